The van der Waals surface area contributed by atoms with Gasteiger partial charge >= 0.3 is 0 Å². The van der Waals surface area contributed by atoms with E-state index in [-0.39, 0.29) is 10.6 Å². The number of nitrogens with two attached hydrogens (primary N) is 2. The Hall–Kier alpha value is -0.920. The average Bonchev–Trinajstić information content (AvgIpc) is 2.29. The predicted molar refractivity (Wildman–Crippen MR) is 78.3 cm³/mol. The standard InChI is InChI=1S/C11H19N3O2S2/c1-2-17-8-4-7-14-9-5-3-6-10(11(9)12)18(13,15)16/h3,5-6,14H,2,4,7-8,12H2,1H3,(H2,13,15,16). The first kappa shape index (κ1) is 15.1. The van der Waals surface area contributed by atoms with Crippen molar-refractivity contribution in [1.29, 1.82) is 0 Å². The second-order valence-corrected chi connectivity index (χ2v) is 6.66. The summed E-state index contributed by atoms with van der Waals surface area (Å²) in [5.74, 6) is 2.17. The van der Waals surface area contributed by atoms with E-state index in [1.54, 1.807) is 12.1 Å². The monoisotopic (exact) mass is 289 g/mol. The lowest BCUT2D eigenvalue weighted by Gasteiger charge is -2.11. The Morgan fingerprint density at radius 3 is 2.72 bits per heavy atom. The number of para-hydroxylation sites is 1. The summed E-state index contributed by atoms with van der Waals surface area (Å²) in [5.41, 5.74) is 6.58. The fraction of sp³-hybridized carbons (Fsp3) is 0.455. The van der Waals surface area contributed by atoms with Gasteiger partial charge in [0.2, 0.25) is 10.0 Å². The first-order valence-electron chi connectivity index (χ1n) is 5.69. The molecule has 0 aliphatic heterocycles. The third kappa shape index (κ3) is 4.40. The van der Waals surface area contributed by atoms with Crippen LogP contribution in [0.1, 0.15) is 13.3 Å². The predicted octanol–water partition coefficient (Wildman–Crippen LogP) is 1.47. The number of thioether (sulfide) groups is 1. The zero-order valence-corrected chi connectivity index (χ0v) is 12.0. The molecule has 0 fully saturated rings. The minimum atomic E-state index is -3.76. The van der Waals surface area contributed by atoms with E-state index in [4.69, 9.17) is 10.9 Å². The van der Waals surface area contributed by atoms with Gasteiger partial charge in [-0.15, -0.1) is 0 Å². The van der Waals surface area contributed by atoms with Crippen LogP contribution in [-0.4, -0.2) is 26.5 Å². The van der Waals surface area contributed by atoms with Crippen LogP contribution in [0.3, 0.4) is 0 Å². The van der Waals surface area contributed by atoms with E-state index >= 15 is 0 Å². The third-order valence-electron chi connectivity index (χ3n) is 2.36. The SMILES string of the molecule is CCSCCCNc1cccc(S(N)(=O)=O)c1N. The molecule has 0 amide bonds. The van der Waals surface area contributed by atoms with Gasteiger partial charge in [0.1, 0.15) is 4.90 Å². The van der Waals surface area contributed by atoms with Crippen molar-refractivity contribution < 1.29 is 8.42 Å². The van der Waals surface area contributed by atoms with Gasteiger partial charge in [0.15, 0.2) is 0 Å². The summed E-state index contributed by atoms with van der Waals surface area (Å²) in [6.07, 6.45) is 0.998. The number of hydrogen-bond acceptors (Lipinski definition) is 5. The maximum atomic E-state index is 11.3. The summed E-state index contributed by atoms with van der Waals surface area (Å²) in [7, 11) is -3.76. The van der Waals surface area contributed by atoms with Crippen LogP contribution in [0.2, 0.25) is 0 Å². The van der Waals surface area contributed by atoms with E-state index in [0.717, 1.165) is 24.5 Å². The highest BCUT2D eigenvalue weighted by molar-refractivity contribution is 7.99. The van der Waals surface area contributed by atoms with Crippen LogP contribution in [0.15, 0.2) is 23.1 Å². The van der Waals surface area contributed by atoms with Crippen molar-refractivity contribution in [2.45, 2.75) is 18.2 Å². The zero-order valence-electron chi connectivity index (χ0n) is 10.3. The highest BCUT2D eigenvalue weighted by Gasteiger charge is 2.14. The van der Waals surface area contributed by atoms with Crippen molar-refractivity contribution >= 4 is 33.2 Å². The Morgan fingerprint density at radius 1 is 1.39 bits per heavy atom. The molecule has 0 spiro atoms. The van der Waals surface area contributed by atoms with E-state index in [1.807, 2.05) is 11.8 Å². The second-order valence-electron chi connectivity index (χ2n) is 3.74. The highest BCUT2D eigenvalue weighted by atomic mass is 32.2. The zero-order chi connectivity index (χ0) is 13.6. The molecule has 1 aromatic rings. The molecule has 0 saturated heterocycles. The van der Waals surface area contributed by atoms with Gasteiger partial charge in [-0.2, -0.15) is 11.8 Å². The summed E-state index contributed by atoms with van der Waals surface area (Å²) in [5, 5.41) is 8.21. The Bertz CT molecular complexity index is 489. The lowest BCUT2D eigenvalue weighted by molar-refractivity contribution is 0.598. The van der Waals surface area contributed by atoms with Crippen molar-refractivity contribution in [1.82, 2.24) is 0 Å². The molecule has 0 radical (unpaired) electrons. The van der Waals surface area contributed by atoms with Crippen molar-refractivity contribution in [2.24, 2.45) is 5.14 Å². The maximum Gasteiger partial charge on any atom is 0.240 e. The van der Waals surface area contributed by atoms with Gasteiger partial charge in [-0.25, -0.2) is 13.6 Å². The van der Waals surface area contributed by atoms with Crippen LogP contribution in [0.25, 0.3) is 0 Å². The molecule has 0 aliphatic carbocycles. The van der Waals surface area contributed by atoms with Crippen molar-refractivity contribution in [3.8, 4) is 0 Å². The lowest BCUT2D eigenvalue weighted by atomic mass is 10.2. The minimum absolute atomic E-state index is 0.0320. The van der Waals surface area contributed by atoms with Crippen LogP contribution in [0.5, 0.6) is 0 Å². The number of nitrogen functional groups attached to an aromatic ring is 1. The van der Waals surface area contributed by atoms with Gasteiger partial charge in [0.05, 0.1) is 11.4 Å². The number of rotatable bonds is 7. The molecule has 0 aromatic heterocycles. The molecule has 18 heavy (non-hydrogen) atoms. The molecule has 0 unspecified atom stereocenters. The van der Waals surface area contributed by atoms with Crippen LogP contribution in [-0.2, 0) is 10.0 Å². The summed E-state index contributed by atoms with van der Waals surface area (Å²) >= 11 is 1.87. The summed E-state index contributed by atoms with van der Waals surface area (Å²) in [4.78, 5) is -0.0320. The second kappa shape index (κ2) is 6.86. The van der Waals surface area contributed by atoms with E-state index in [0.29, 0.717) is 5.69 Å². The van der Waals surface area contributed by atoms with Crippen molar-refractivity contribution in [3.63, 3.8) is 0 Å². The van der Waals surface area contributed by atoms with Crippen molar-refractivity contribution in [2.75, 3.05) is 29.1 Å². The van der Waals surface area contributed by atoms with E-state index in [1.165, 1.54) is 6.07 Å². The van der Waals surface area contributed by atoms with E-state index < -0.39 is 10.0 Å². The minimum Gasteiger partial charge on any atom is -0.396 e. The molecule has 0 saturated carbocycles. The smallest absolute Gasteiger partial charge is 0.240 e. The largest absolute Gasteiger partial charge is 0.396 e. The number of sulfonamides is 1. The van der Waals surface area contributed by atoms with Gasteiger partial charge in [-0.3, -0.25) is 0 Å². The molecule has 102 valence electrons. The maximum absolute atomic E-state index is 11.3. The Morgan fingerprint density at radius 2 is 2.11 bits per heavy atom. The molecule has 0 aliphatic rings. The Kier molecular flexibility index (Phi) is 5.77. The summed E-state index contributed by atoms with van der Waals surface area (Å²) in [6, 6.07) is 4.78. The number of hydrogen-bond donors (Lipinski definition) is 3. The quantitative estimate of drug-likeness (QED) is 0.521. The molecule has 7 heteroatoms. The lowest BCUT2D eigenvalue weighted by Crippen LogP contribution is -2.15. The number of anilines is 2. The fourth-order valence-corrected chi connectivity index (χ4v) is 2.81. The highest BCUT2D eigenvalue weighted by Crippen LogP contribution is 2.25. The first-order chi connectivity index (χ1) is 8.46. The molecule has 1 rings (SSSR count). The topological polar surface area (TPSA) is 98.2 Å². The fourth-order valence-electron chi connectivity index (χ4n) is 1.49. The molecule has 5 N–H and O–H groups in total. The normalized spacial score (nSPS) is 11.4. The van der Waals surface area contributed by atoms with Crippen LogP contribution in [0, 0.1) is 0 Å². The van der Waals surface area contributed by atoms with Gasteiger partial charge in [0, 0.05) is 6.54 Å². The Balaban J connectivity index is 2.67. The van der Waals surface area contributed by atoms with Crippen LogP contribution < -0.4 is 16.2 Å². The molecule has 1 aromatic carbocycles. The number of benzene rings is 1. The number of nitrogens with one attached hydrogen (secondary N) is 1. The van der Waals surface area contributed by atoms with Gasteiger partial charge < -0.3 is 11.1 Å². The van der Waals surface area contributed by atoms with Gasteiger partial charge in [-0.1, -0.05) is 13.0 Å². The third-order valence-corrected chi connectivity index (χ3v) is 4.31. The van der Waals surface area contributed by atoms with Crippen molar-refractivity contribution in [3.05, 3.63) is 18.2 Å². The van der Waals surface area contributed by atoms with E-state index in [9.17, 15) is 8.42 Å². The molecular formula is C11H19N3O2S2. The summed E-state index contributed by atoms with van der Waals surface area (Å²) < 4.78 is 22.6. The van der Waals surface area contributed by atoms with Crippen LogP contribution in [0.4, 0.5) is 11.4 Å². The Labute approximate surface area is 112 Å². The van der Waals surface area contributed by atoms with Gasteiger partial charge in [-0.05, 0) is 30.1 Å². The first-order valence-corrected chi connectivity index (χ1v) is 8.39. The molecule has 0 bridgehead atoms. The molecule has 0 atom stereocenters. The molecular weight excluding hydrogens is 270 g/mol. The molecule has 0 heterocycles. The van der Waals surface area contributed by atoms with E-state index in [2.05, 4.69) is 12.2 Å². The van der Waals surface area contributed by atoms with Crippen LogP contribution >= 0.6 is 11.8 Å². The average molecular weight is 289 g/mol. The number of primary sulfonamides is 1. The summed E-state index contributed by atoms with van der Waals surface area (Å²) in [6.45, 7) is 2.87. The molecule has 5 nitrogen and oxygen atoms in total. The van der Waals surface area contributed by atoms with Gasteiger partial charge in [0.25, 0.3) is 0 Å².